The van der Waals surface area contributed by atoms with Crippen molar-refractivity contribution >= 4 is 22.5 Å². The van der Waals surface area contributed by atoms with Gasteiger partial charge >= 0.3 is 0 Å². The maximum absolute atomic E-state index is 12.3. The Morgan fingerprint density at radius 1 is 0.955 bits per heavy atom. The second-order valence-electron chi connectivity index (χ2n) is 17.9. The Balaban J connectivity index is 1.60. The summed E-state index contributed by atoms with van der Waals surface area (Å²) in [6.07, 6.45) is 16.3. The molecule has 0 bridgehead atoms. The number of rotatable bonds is 7. The number of allylic oxidation sites excluding steroid dienone is 4. The number of hydrogen-bond acceptors (Lipinski definition) is 3. The Bertz CT molecular complexity index is 1200. The predicted octanol–water partition coefficient (Wildman–Crippen LogP) is 10.3. The lowest BCUT2D eigenvalue weighted by molar-refractivity contribution is -0.116. The van der Waals surface area contributed by atoms with Gasteiger partial charge in [-0.25, -0.2) is 0 Å². The minimum atomic E-state index is -1.99. The van der Waals surface area contributed by atoms with E-state index in [0.717, 1.165) is 31.4 Å². The topological polar surface area (TPSA) is 47.6 Å². The molecule has 4 fully saturated rings. The van der Waals surface area contributed by atoms with E-state index in [2.05, 4.69) is 112 Å². The van der Waals surface area contributed by atoms with Crippen LogP contribution in [-0.2, 0) is 13.6 Å². The van der Waals surface area contributed by atoms with Gasteiger partial charge in [0.05, 0.1) is 12.2 Å². The highest BCUT2D eigenvalue weighted by atomic mass is 28.4. The van der Waals surface area contributed by atoms with Crippen LogP contribution in [0.2, 0.25) is 36.3 Å². The van der Waals surface area contributed by atoms with E-state index < -0.39 is 16.6 Å². The summed E-state index contributed by atoms with van der Waals surface area (Å²) >= 11 is 0. The van der Waals surface area contributed by atoms with Gasteiger partial charge in [-0.15, -0.1) is 0 Å². The normalized spacial score (nSPS) is 34.1. The van der Waals surface area contributed by atoms with Crippen molar-refractivity contribution in [3.05, 3.63) is 47.1 Å². The molecule has 1 aliphatic heterocycles. The minimum absolute atomic E-state index is 0.0122. The molecular formula is C38H65NO3Si2. The van der Waals surface area contributed by atoms with E-state index in [1.54, 1.807) is 5.57 Å². The van der Waals surface area contributed by atoms with Gasteiger partial charge in [0.2, 0.25) is 5.91 Å². The van der Waals surface area contributed by atoms with E-state index in [0.29, 0.717) is 23.2 Å². The summed E-state index contributed by atoms with van der Waals surface area (Å²) in [5.74, 6) is 1.82. The molecule has 4 nitrogen and oxygen atoms in total. The first-order valence-corrected chi connectivity index (χ1v) is 23.4. The van der Waals surface area contributed by atoms with Crippen LogP contribution in [0.3, 0.4) is 0 Å². The fourth-order valence-electron chi connectivity index (χ4n) is 8.04. The quantitative estimate of drug-likeness (QED) is 0.223. The lowest BCUT2D eigenvalue weighted by Gasteiger charge is -2.45. The molecule has 3 aliphatic carbocycles. The van der Waals surface area contributed by atoms with Gasteiger partial charge < -0.3 is 14.2 Å². The van der Waals surface area contributed by atoms with Crippen LogP contribution in [0.1, 0.15) is 107 Å². The summed E-state index contributed by atoms with van der Waals surface area (Å²) in [5.41, 5.74) is 5.40. The van der Waals surface area contributed by atoms with Gasteiger partial charge in [-0.1, -0.05) is 85.8 Å². The van der Waals surface area contributed by atoms with Crippen LogP contribution >= 0.6 is 0 Å². The molecule has 4 aliphatic rings. The van der Waals surface area contributed by atoms with Crippen molar-refractivity contribution < 1.29 is 13.6 Å². The fraction of sp³-hybridized carbons (Fsp3) is 0.763. The van der Waals surface area contributed by atoms with Gasteiger partial charge in [0, 0.05) is 18.5 Å². The number of carbonyl (C=O) groups is 1. The van der Waals surface area contributed by atoms with Crippen LogP contribution in [0.25, 0.3) is 0 Å². The van der Waals surface area contributed by atoms with Crippen molar-refractivity contribution in [3.8, 4) is 0 Å². The Morgan fingerprint density at radius 3 is 2.18 bits per heavy atom. The van der Waals surface area contributed by atoms with Gasteiger partial charge in [0.15, 0.2) is 16.6 Å². The van der Waals surface area contributed by atoms with E-state index in [-0.39, 0.29) is 28.2 Å². The van der Waals surface area contributed by atoms with E-state index in [4.69, 9.17) is 8.85 Å². The van der Waals surface area contributed by atoms with E-state index in [9.17, 15) is 4.79 Å². The summed E-state index contributed by atoms with van der Waals surface area (Å²) in [6.45, 7) is 33.8. The minimum Gasteiger partial charge on any atom is -0.413 e. The Labute approximate surface area is 272 Å². The summed E-state index contributed by atoms with van der Waals surface area (Å²) < 4.78 is 14.1. The Kier molecular flexibility index (Phi) is 10.3. The molecular weight excluding hydrogens is 575 g/mol. The van der Waals surface area contributed by atoms with Crippen molar-refractivity contribution in [1.82, 2.24) is 5.32 Å². The largest absolute Gasteiger partial charge is 0.413 e. The number of fused-ring (bicyclic) bond motifs is 1. The van der Waals surface area contributed by atoms with Crippen molar-refractivity contribution in [3.63, 3.8) is 0 Å². The monoisotopic (exact) mass is 639 g/mol. The zero-order valence-electron chi connectivity index (χ0n) is 30.4. The molecule has 6 heteroatoms. The van der Waals surface area contributed by atoms with E-state index in [1.165, 1.54) is 43.3 Å². The average molecular weight is 640 g/mol. The lowest BCUT2D eigenvalue weighted by Crippen LogP contribution is -2.49. The van der Waals surface area contributed by atoms with Crippen LogP contribution in [-0.4, -0.2) is 41.3 Å². The first-order valence-electron chi connectivity index (χ1n) is 17.6. The lowest BCUT2D eigenvalue weighted by atomic mass is 9.61. The number of nitrogens with one attached hydrogen (secondary N) is 1. The zero-order valence-corrected chi connectivity index (χ0v) is 32.4. The van der Waals surface area contributed by atoms with Crippen LogP contribution < -0.4 is 5.32 Å². The first kappa shape index (κ1) is 35.6. The highest BCUT2D eigenvalue weighted by Crippen LogP contribution is 2.59. The molecule has 1 amide bonds. The van der Waals surface area contributed by atoms with E-state index in [1.807, 2.05) is 0 Å². The number of amides is 1. The highest BCUT2D eigenvalue weighted by Gasteiger charge is 2.51. The van der Waals surface area contributed by atoms with Gasteiger partial charge in [-0.05, 0) is 116 Å². The number of hydrogen-bond donors (Lipinski definition) is 1. The maximum Gasteiger partial charge on any atom is 0.246 e. The molecule has 6 atom stereocenters. The van der Waals surface area contributed by atoms with Crippen LogP contribution in [0.5, 0.6) is 0 Å². The fourth-order valence-corrected chi connectivity index (χ4v) is 10.7. The van der Waals surface area contributed by atoms with Crippen LogP contribution in [0.15, 0.2) is 47.1 Å². The second kappa shape index (κ2) is 12.8. The van der Waals surface area contributed by atoms with Gasteiger partial charge in [0.1, 0.15) is 0 Å². The summed E-state index contributed by atoms with van der Waals surface area (Å²) in [4.78, 5) is 12.3. The van der Waals surface area contributed by atoms with Crippen molar-refractivity contribution in [1.29, 1.82) is 0 Å². The molecule has 248 valence electrons. The third kappa shape index (κ3) is 7.34. The van der Waals surface area contributed by atoms with Crippen molar-refractivity contribution in [2.75, 3.05) is 6.54 Å². The zero-order chi connectivity index (χ0) is 32.9. The summed E-state index contributed by atoms with van der Waals surface area (Å²) in [6, 6.07) is 0. The smallest absolute Gasteiger partial charge is 0.246 e. The molecule has 0 spiro atoms. The molecule has 1 unspecified atom stereocenters. The summed E-state index contributed by atoms with van der Waals surface area (Å²) in [5, 5.41) is 3.31. The second-order valence-corrected chi connectivity index (χ2v) is 27.4. The third-order valence-corrected chi connectivity index (χ3v) is 21.9. The SMILES string of the molecule is C=C1/C(=C/C=C2\CCC[C@@]3(C)C2CC[C@@H]3[C@H](C)/C=C2\CCNC2=O)C[C@@H](O[Si](C)(C)C(C)(C)C)C[C@@H]1O[Si](C)(C)C(C)(C)C. The molecule has 1 saturated heterocycles. The Hall–Kier alpha value is -1.22. The third-order valence-electron chi connectivity index (χ3n) is 12.8. The van der Waals surface area contributed by atoms with Crippen LogP contribution in [0.4, 0.5) is 0 Å². The Morgan fingerprint density at radius 2 is 1.59 bits per heavy atom. The molecule has 0 aromatic heterocycles. The predicted molar refractivity (Wildman–Crippen MR) is 192 cm³/mol. The standard InChI is InChI=1S/C38H65NO3Si2/c1-26(23-30-20-22-39-35(30)40)32-18-19-33-28(15-14-21-38(32,33)9)16-17-29-24-31(41-43(10,11)36(3,4)5)25-34(27(29)2)42-44(12,13)37(6,7)8/h16-17,23,26,31-34H,2,14-15,18-22,24-25H2,1,3-13H3,(H,39,40)/b28-16+,29-17+,30-23+/t26-,31-,32-,33?,34+,38-/m1/s1. The molecule has 3 saturated carbocycles. The molecule has 4 rings (SSSR count). The molecule has 0 aromatic rings. The number of carbonyl (C=O) groups excluding carboxylic acids is 1. The molecule has 1 N–H and O–H groups in total. The summed E-state index contributed by atoms with van der Waals surface area (Å²) in [7, 11) is -3.92. The average Bonchev–Trinajstić information content (AvgIpc) is 3.45. The van der Waals surface area contributed by atoms with Crippen molar-refractivity contribution in [2.24, 2.45) is 23.2 Å². The van der Waals surface area contributed by atoms with E-state index >= 15 is 0 Å². The molecule has 0 aromatic carbocycles. The highest BCUT2D eigenvalue weighted by molar-refractivity contribution is 6.74. The maximum atomic E-state index is 12.3. The molecule has 44 heavy (non-hydrogen) atoms. The van der Waals surface area contributed by atoms with Gasteiger partial charge in [-0.2, -0.15) is 0 Å². The van der Waals surface area contributed by atoms with Gasteiger partial charge in [-0.3, -0.25) is 4.79 Å². The molecule has 1 heterocycles. The van der Waals surface area contributed by atoms with Crippen LogP contribution in [0, 0.1) is 23.2 Å². The first-order chi connectivity index (χ1) is 20.2. The van der Waals surface area contributed by atoms with Gasteiger partial charge in [0.25, 0.3) is 0 Å². The van der Waals surface area contributed by atoms with Crippen molar-refractivity contribution in [2.45, 2.75) is 155 Å². The molecule has 0 radical (unpaired) electrons.